The van der Waals surface area contributed by atoms with Crippen LogP contribution in [-0.2, 0) is 0 Å². The second-order valence-corrected chi connectivity index (χ2v) is 4.23. The van der Waals surface area contributed by atoms with Gasteiger partial charge in [-0.1, -0.05) is 6.07 Å². The van der Waals surface area contributed by atoms with Crippen molar-refractivity contribution in [3.8, 4) is 11.5 Å². The zero-order valence-corrected chi connectivity index (χ0v) is 10.9. The van der Waals surface area contributed by atoms with Gasteiger partial charge >= 0.3 is 12.3 Å². The Labute approximate surface area is 122 Å². The predicted octanol–water partition coefficient (Wildman–Crippen LogP) is 2.90. The third kappa shape index (κ3) is 2.57. The fraction of sp³-hybridized carbons (Fsp3) is 0. The molecule has 0 bridgehead atoms. The van der Waals surface area contributed by atoms with Gasteiger partial charge in [0.25, 0.3) is 0 Å². The van der Waals surface area contributed by atoms with Crippen molar-refractivity contribution in [2.24, 2.45) is 0 Å². The van der Waals surface area contributed by atoms with Gasteiger partial charge in [-0.3, -0.25) is 0 Å². The van der Waals surface area contributed by atoms with Crippen molar-refractivity contribution < 1.29 is 29.3 Å². The maximum absolute atomic E-state index is 10.7. The van der Waals surface area contributed by atoms with E-state index in [4.69, 9.17) is 10.2 Å². The van der Waals surface area contributed by atoms with Crippen LogP contribution < -0.4 is 9.47 Å². The van der Waals surface area contributed by atoms with Crippen LogP contribution in [0.25, 0.3) is 22.1 Å². The molecule has 0 saturated heterocycles. The third-order valence-electron chi connectivity index (χ3n) is 2.80. The summed E-state index contributed by atoms with van der Waals surface area (Å²) >= 11 is 0. The minimum absolute atomic E-state index is 0.0453. The van der Waals surface area contributed by atoms with Crippen LogP contribution in [0.3, 0.4) is 0 Å². The Hall–Kier alpha value is -3.42. The number of aromatic nitrogens is 2. The van der Waals surface area contributed by atoms with Gasteiger partial charge in [-0.15, -0.1) is 0 Å². The van der Waals surface area contributed by atoms with Crippen LogP contribution in [-0.4, -0.2) is 32.5 Å². The molecule has 2 N–H and O–H groups in total. The molecule has 0 aliphatic carbocycles. The number of fused-ring (bicyclic) bond motifs is 2. The molecule has 3 rings (SSSR count). The van der Waals surface area contributed by atoms with Crippen LogP contribution in [0.4, 0.5) is 9.59 Å². The van der Waals surface area contributed by atoms with E-state index < -0.39 is 12.3 Å². The number of benzene rings is 2. The minimum atomic E-state index is -1.46. The lowest BCUT2D eigenvalue weighted by atomic mass is 10.2. The molecule has 0 amide bonds. The summed E-state index contributed by atoms with van der Waals surface area (Å²) in [5.74, 6) is 0.134. The maximum Gasteiger partial charge on any atom is 0.511 e. The normalized spacial score (nSPS) is 10.5. The van der Waals surface area contributed by atoms with Gasteiger partial charge in [-0.2, -0.15) is 0 Å². The molecular formula is C14H8N2O6. The lowest BCUT2D eigenvalue weighted by Gasteiger charge is -2.06. The van der Waals surface area contributed by atoms with E-state index in [0.717, 1.165) is 0 Å². The molecule has 110 valence electrons. The van der Waals surface area contributed by atoms with Gasteiger partial charge in [-0.05, 0) is 24.3 Å². The number of rotatable bonds is 2. The number of hydrogen-bond acceptors (Lipinski definition) is 6. The Morgan fingerprint density at radius 1 is 0.864 bits per heavy atom. The van der Waals surface area contributed by atoms with Gasteiger partial charge in [-0.25, -0.2) is 19.6 Å². The quantitative estimate of drug-likeness (QED) is 0.421. The summed E-state index contributed by atoms with van der Waals surface area (Å²) in [6, 6.07) is 9.13. The molecule has 8 nitrogen and oxygen atoms in total. The second kappa shape index (κ2) is 5.17. The van der Waals surface area contributed by atoms with E-state index >= 15 is 0 Å². The zero-order chi connectivity index (χ0) is 15.7. The van der Waals surface area contributed by atoms with Crippen LogP contribution in [0.2, 0.25) is 0 Å². The molecular weight excluding hydrogens is 292 g/mol. The number of carbonyl (C=O) groups is 2. The van der Waals surface area contributed by atoms with Crippen LogP contribution in [0.1, 0.15) is 0 Å². The lowest BCUT2D eigenvalue weighted by Crippen LogP contribution is -2.04. The highest BCUT2D eigenvalue weighted by Crippen LogP contribution is 2.26. The van der Waals surface area contributed by atoms with E-state index in [-0.39, 0.29) is 17.0 Å². The molecule has 0 fully saturated rings. The number of carboxylic acid groups (broad SMARTS) is 2. The van der Waals surface area contributed by atoms with Crippen LogP contribution in [0.15, 0.2) is 36.4 Å². The Morgan fingerprint density at radius 2 is 1.64 bits per heavy atom. The standard InChI is InChI=1S/C14H8N2O6/c17-13(18)21-7-4-5-8-10(6-7)16-12-9(15-8)2-1-3-11(12)22-14(19)20/h1-6H,(H,17,18)(H,19,20). The molecule has 3 aromatic rings. The first-order valence-corrected chi connectivity index (χ1v) is 6.05. The zero-order valence-electron chi connectivity index (χ0n) is 10.9. The van der Waals surface area contributed by atoms with Gasteiger partial charge in [0.05, 0.1) is 16.6 Å². The molecule has 1 aromatic heterocycles. The van der Waals surface area contributed by atoms with E-state index in [1.807, 2.05) is 0 Å². The third-order valence-corrected chi connectivity index (χ3v) is 2.80. The van der Waals surface area contributed by atoms with Crippen LogP contribution in [0, 0.1) is 0 Å². The average molecular weight is 300 g/mol. The molecule has 0 aliphatic rings. The monoisotopic (exact) mass is 300 g/mol. The van der Waals surface area contributed by atoms with E-state index in [1.54, 1.807) is 18.2 Å². The number of para-hydroxylation sites is 1. The van der Waals surface area contributed by atoms with Gasteiger partial charge in [0.1, 0.15) is 11.3 Å². The van der Waals surface area contributed by atoms with Gasteiger partial charge < -0.3 is 19.7 Å². The Kier molecular flexibility index (Phi) is 3.18. The number of nitrogens with zero attached hydrogens (tertiary/aromatic N) is 2. The summed E-state index contributed by atoms with van der Waals surface area (Å²) in [4.78, 5) is 29.8. The lowest BCUT2D eigenvalue weighted by molar-refractivity contribution is 0.143. The minimum Gasteiger partial charge on any atom is -0.449 e. The second-order valence-electron chi connectivity index (χ2n) is 4.23. The summed E-state index contributed by atoms with van der Waals surface area (Å²) in [6.45, 7) is 0. The Morgan fingerprint density at radius 3 is 2.36 bits per heavy atom. The predicted molar refractivity (Wildman–Crippen MR) is 74.3 cm³/mol. The van der Waals surface area contributed by atoms with Crippen molar-refractivity contribution in [1.82, 2.24) is 9.97 Å². The van der Waals surface area contributed by atoms with Gasteiger partial charge in [0, 0.05) is 6.07 Å². The van der Waals surface area contributed by atoms with Crippen LogP contribution in [0.5, 0.6) is 11.5 Å². The van der Waals surface area contributed by atoms with Crippen molar-refractivity contribution in [1.29, 1.82) is 0 Å². The molecule has 22 heavy (non-hydrogen) atoms. The molecule has 8 heteroatoms. The van der Waals surface area contributed by atoms with Gasteiger partial charge in [0.2, 0.25) is 0 Å². The van der Waals surface area contributed by atoms with Crippen molar-refractivity contribution in [2.75, 3.05) is 0 Å². The topological polar surface area (TPSA) is 119 Å². The van der Waals surface area contributed by atoms with E-state index in [2.05, 4.69) is 19.4 Å². The Bertz CT molecular complexity index is 908. The highest BCUT2D eigenvalue weighted by Gasteiger charge is 2.11. The van der Waals surface area contributed by atoms with Crippen molar-refractivity contribution in [2.45, 2.75) is 0 Å². The smallest absolute Gasteiger partial charge is 0.449 e. The molecule has 0 atom stereocenters. The summed E-state index contributed by atoms with van der Waals surface area (Å²) < 4.78 is 9.21. The first kappa shape index (κ1) is 13.6. The van der Waals surface area contributed by atoms with Crippen molar-refractivity contribution in [3.05, 3.63) is 36.4 Å². The maximum atomic E-state index is 10.7. The highest BCUT2D eigenvalue weighted by atomic mass is 16.7. The molecule has 0 saturated carbocycles. The van der Waals surface area contributed by atoms with E-state index in [1.165, 1.54) is 18.2 Å². The van der Waals surface area contributed by atoms with Crippen LogP contribution >= 0.6 is 0 Å². The van der Waals surface area contributed by atoms with E-state index in [9.17, 15) is 9.59 Å². The molecule has 1 heterocycles. The molecule has 0 unspecified atom stereocenters. The SMILES string of the molecule is O=C(O)Oc1ccc2nc3cccc(OC(=O)O)c3nc2c1. The fourth-order valence-corrected chi connectivity index (χ4v) is 1.99. The summed E-state index contributed by atoms with van der Waals surface area (Å²) in [7, 11) is 0. The summed E-state index contributed by atoms with van der Waals surface area (Å²) in [6.07, 6.45) is -2.90. The average Bonchev–Trinajstić information content (AvgIpc) is 2.44. The first-order chi connectivity index (χ1) is 10.5. The molecule has 0 aliphatic heterocycles. The van der Waals surface area contributed by atoms with Crippen molar-refractivity contribution in [3.63, 3.8) is 0 Å². The summed E-state index contributed by atoms with van der Waals surface area (Å²) in [5.41, 5.74) is 1.58. The highest BCUT2D eigenvalue weighted by molar-refractivity contribution is 5.91. The Balaban J connectivity index is 2.19. The first-order valence-electron chi connectivity index (χ1n) is 6.05. The summed E-state index contributed by atoms with van der Waals surface area (Å²) in [5, 5.41) is 17.3. The van der Waals surface area contributed by atoms with E-state index in [0.29, 0.717) is 16.6 Å². The fourth-order valence-electron chi connectivity index (χ4n) is 1.99. The number of ether oxygens (including phenoxy) is 2. The molecule has 0 spiro atoms. The molecule has 0 radical (unpaired) electrons. The van der Waals surface area contributed by atoms with Gasteiger partial charge in [0.15, 0.2) is 5.75 Å². The largest absolute Gasteiger partial charge is 0.511 e. The molecule has 2 aromatic carbocycles. The number of hydrogen-bond donors (Lipinski definition) is 2. The van der Waals surface area contributed by atoms with Crippen molar-refractivity contribution >= 4 is 34.4 Å².